The van der Waals surface area contributed by atoms with Crippen molar-refractivity contribution >= 4 is 39.1 Å². The van der Waals surface area contributed by atoms with E-state index in [9.17, 15) is 22.0 Å². The van der Waals surface area contributed by atoms with Gasteiger partial charge in [0.1, 0.15) is 22.7 Å². The number of esters is 1. The average Bonchev–Trinajstić information content (AvgIpc) is 2.95. The average molecular weight is 555 g/mol. The zero-order valence-electron chi connectivity index (χ0n) is 21.4. The number of unbranched alkanes of at least 4 members (excludes halogenated alkanes) is 1. The van der Waals surface area contributed by atoms with Gasteiger partial charge in [-0.1, -0.05) is 26.7 Å². The van der Waals surface area contributed by atoms with Crippen LogP contribution in [-0.2, 0) is 19.6 Å². The van der Waals surface area contributed by atoms with E-state index in [-0.39, 0.29) is 23.3 Å². The first-order chi connectivity index (χ1) is 17.6. The van der Waals surface area contributed by atoms with Crippen LogP contribution in [0.1, 0.15) is 40.0 Å². The van der Waals surface area contributed by atoms with Crippen molar-refractivity contribution in [1.82, 2.24) is 4.31 Å². The number of benzene rings is 2. The summed E-state index contributed by atoms with van der Waals surface area (Å²) in [5.74, 6) is -2.09. The number of likely N-dealkylation sites (N-methyl/N-ethyl adjacent to an activating group) is 1. The number of carbonyl (C=O) groups is 1. The maximum Gasteiger partial charge on any atom is 0.370 e. The first kappa shape index (κ1) is 28.9. The van der Waals surface area contributed by atoms with Gasteiger partial charge in [0.25, 0.3) is 0 Å². The third-order valence-electron chi connectivity index (χ3n) is 5.97. The molecule has 0 saturated heterocycles. The molecule has 37 heavy (non-hydrogen) atoms. The molecule has 11 heteroatoms. The van der Waals surface area contributed by atoms with Crippen LogP contribution in [0.25, 0.3) is 0 Å². The minimum atomic E-state index is -3.98. The predicted octanol–water partition coefficient (Wildman–Crippen LogP) is 6.02. The fraction of sp³-hybridized carbons (Fsp3) is 0.423. The number of nitrogens with zero attached hydrogens (tertiary/aromatic N) is 2. The molecule has 0 saturated carbocycles. The van der Waals surface area contributed by atoms with Gasteiger partial charge in [0.2, 0.25) is 15.9 Å². The topological polar surface area (TPSA) is 76.1 Å². The molecule has 0 fully saturated rings. The van der Waals surface area contributed by atoms with E-state index in [0.717, 1.165) is 12.8 Å². The van der Waals surface area contributed by atoms with E-state index in [1.165, 1.54) is 34.3 Å². The first-order valence-corrected chi connectivity index (χ1v) is 14.6. The normalized spacial score (nSPS) is 17.7. The summed E-state index contributed by atoms with van der Waals surface area (Å²) in [5, 5.41) is 0. The van der Waals surface area contributed by atoms with Crippen molar-refractivity contribution in [3.8, 4) is 5.75 Å². The van der Waals surface area contributed by atoms with Gasteiger partial charge in [-0.25, -0.2) is 17.6 Å². The smallest absolute Gasteiger partial charge is 0.370 e. The largest absolute Gasteiger partial charge is 0.461 e. The molecule has 1 heterocycles. The Morgan fingerprint density at radius 3 is 2.51 bits per heavy atom. The Morgan fingerprint density at radius 2 is 1.89 bits per heavy atom. The highest BCUT2D eigenvalue weighted by Crippen LogP contribution is 2.44. The molecule has 0 radical (unpaired) electrons. The molecule has 2 aromatic rings. The van der Waals surface area contributed by atoms with Crippen LogP contribution in [0.3, 0.4) is 0 Å². The van der Waals surface area contributed by atoms with Crippen molar-refractivity contribution in [2.24, 2.45) is 0 Å². The Balaban J connectivity index is 2.19. The summed E-state index contributed by atoms with van der Waals surface area (Å²) in [7, 11) is -2.44. The number of hydrogen-bond acceptors (Lipinski definition) is 7. The molecule has 0 spiro atoms. The number of fused-ring (bicyclic) bond motifs is 1. The SMILES string of the molecule is CCCCC1CN(c2ccc(F)cc2)c2cc(SCC)c(O/C=C(\F)C(=O)OCC)cc2S(=O)(=O)N1C. The van der Waals surface area contributed by atoms with E-state index in [1.54, 1.807) is 32.2 Å². The minimum absolute atomic E-state index is 0.00112. The Hall–Kier alpha value is -2.63. The zero-order chi connectivity index (χ0) is 27.2. The van der Waals surface area contributed by atoms with Gasteiger partial charge in [-0.15, -0.1) is 11.8 Å². The van der Waals surface area contributed by atoms with Crippen LogP contribution in [0.15, 0.2) is 58.3 Å². The van der Waals surface area contributed by atoms with E-state index < -0.39 is 27.6 Å². The summed E-state index contributed by atoms with van der Waals surface area (Å²) >= 11 is 1.38. The second kappa shape index (κ2) is 12.7. The van der Waals surface area contributed by atoms with Crippen molar-refractivity contribution in [3.63, 3.8) is 0 Å². The van der Waals surface area contributed by atoms with Crippen molar-refractivity contribution in [2.75, 3.05) is 30.9 Å². The van der Waals surface area contributed by atoms with E-state index in [4.69, 9.17) is 4.74 Å². The number of carbonyl (C=O) groups excluding carboxylic acids is 1. The number of hydrogen-bond donors (Lipinski definition) is 0. The quantitative estimate of drug-likeness (QED) is 0.154. The molecule has 2 aromatic carbocycles. The lowest BCUT2D eigenvalue weighted by molar-refractivity contribution is -0.140. The highest BCUT2D eigenvalue weighted by Gasteiger charge is 2.37. The van der Waals surface area contributed by atoms with E-state index in [2.05, 4.69) is 4.74 Å². The maximum absolute atomic E-state index is 14.2. The minimum Gasteiger partial charge on any atom is -0.461 e. The van der Waals surface area contributed by atoms with Crippen molar-refractivity contribution in [3.05, 3.63) is 54.3 Å². The van der Waals surface area contributed by atoms with Gasteiger partial charge in [-0.3, -0.25) is 0 Å². The van der Waals surface area contributed by atoms with Crippen molar-refractivity contribution < 1.29 is 31.5 Å². The Morgan fingerprint density at radius 1 is 1.19 bits per heavy atom. The van der Waals surface area contributed by atoms with Gasteiger partial charge >= 0.3 is 5.97 Å². The molecular formula is C26H32F2N2O5S2. The summed E-state index contributed by atoms with van der Waals surface area (Å²) < 4.78 is 67.0. The van der Waals surface area contributed by atoms with Crippen molar-refractivity contribution in [1.29, 1.82) is 0 Å². The number of ether oxygens (including phenoxy) is 2. The summed E-state index contributed by atoms with van der Waals surface area (Å²) in [6.07, 6.45) is 3.00. The number of anilines is 2. The Kier molecular flexibility index (Phi) is 9.97. The van der Waals surface area contributed by atoms with Gasteiger partial charge in [-0.2, -0.15) is 8.70 Å². The standard InChI is InChI=1S/C26H32F2N2O5S2/c1-5-8-9-20-16-30(19-12-10-18(27)11-13-19)22-14-24(36-7-3)23(15-25(22)37(32,33)29(20)4)35-17-21(28)26(31)34-6-2/h10-15,17,20H,5-9,16H2,1-4H3/b21-17-. The van der Waals surface area contributed by atoms with Crippen LogP contribution < -0.4 is 9.64 Å². The van der Waals surface area contributed by atoms with Gasteiger partial charge in [0.05, 0.1) is 17.2 Å². The molecule has 3 rings (SSSR count). The molecule has 202 valence electrons. The zero-order valence-corrected chi connectivity index (χ0v) is 23.0. The molecule has 1 aliphatic heterocycles. The highest BCUT2D eigenvalue weighted by atomic mass is 32.2. The third-order valence-corrected chi connectivity index (χ3v) is 8.83. The summed E-state index contributed by atoms with van der Waals surface area (Å²) in [4.78, 5) is 14.1. The Bertz CT molecular complexity index is 1240. The molecule has 1 aliphatic rings. The van der Waals surface area contributed by atoms with Crippen LogP contribution in [-0.4, -0.2) is 50.7 Å². The lowest BCUT2D eigenvalue weighted by atomic mass is 10.1. The number of halogens is 2. The molecule has 0 aromatic heterocycles. The number of sulfonamides is 1. The lowest BCUT2D eigenvalue weighted by Crippen LogP contribution is -2.40. The molecular weight excluding hydrogens is 522 g/mol. The monoisotopic (exact) mass is 554 g/mol. The summed E-state index contributed by atoms with van der Waals surface area (Å²) in [5.41, 5.74) is 1.06. The molecule has 0 amide bonds. The molecule has 7 nitrogen and oxygen atoms in total. The second-order valence-corrected chi connectivity index (χ2v) is 11.7. The maximum atomic E-state index is 14.2. The third kappa shape index (κ3) is 6.63. The van der Waals surface area contributed by atoms with Crippen LogP contribution in [0, 0.1) is 5.82 Å². The van der Waals surface area contributed by atoms with Gasteiger partial charge in [0.15, 0.2) is 0 Å². The van der Waals surface area contributed by atoms with Crippen molar-refractivity contribution in [2.45, 2.75) is 55.9 Å². The molecule has 0 aliphatic carbocycles. The number of thioether (sulfide) groups is 1. The molecule has 0 N–H and O–H groups in total. The second-order valence-electron chi connectivity index (χ2n) is 8.41. The van der Waals surface area contributed by atoms with Crippen LogP contribution >= 0.6 is 11.8 Å². The first-order valence-electron chi connectivity index (χ1n) is 12.1. The van der Waals surface area contributed by atoms with Gasteiger partial charge in [-0.05, 0) is 49.4 Å². The molecule has 1 atom stereocenters. The van der Waals surface area contributed by atoms with Gasteiger partial charge < -0.3 is 14.4 Å². The fourth-order valence-corrected chi connectivity index (χ4v) is 6.35. The van der Waals surface area contributed by atoms with Crippen LogP contribution in [0.4, 0.5) is 20.2 Å². The van der Waals surface area contributed by atoms with E-state index in [0.29, 0.717) is 41.3 Å². The van der Waals surface area contributed by atoms with E-state index >= 15 is 0 Å². The lowest BCUT2D eigenvalue weighted by Gasteiger charge is -2.29. The molecule has 1 unspecified atom stereocenters. The van der Waals surface area contributed by atoms with E-state index in [1.807, 2.05) is 18.7 Å². The molecule has 0 bridgehead atoms. The highest BCUT2D eigenvalue weighted by molar-refractivity contribution is 7.99. The fourth-order valence-electron chi connectivity index (χ4n) is 4.03. The van der Waals surface area contributed by atoms with Crippen LogP contribution in [0.5, 0.6) is 5.75 Å². The Labute approximate surface area is 221 Å². The predicted molar refractivity (Wildman–Crippen MR) is 141 cm³/mol. The number of rotatable bonds is 10. The summed E-state index contributed by atoms with van der Waals surface area (Å²) in [6.45, 7) is 5.87. The summed E-state index contributed by atoms with van der Waals surface area (Å²) in [6, 6.07) is 8.60. The van der Waals surface area contributed by atoms with Crippen LogP contribution in [0.2, 0.25) is 0 Å². The van der Waals surface area contributed by atoms with Gasteiger partial charge in [0, 0.05) is 31.4 Å².